The summed E-state index contributed by atoms with van der Waals surface area (Å²) in [5.41, 5.74) is 9.60. The van der Waals surface area contributed by atoms with Crippen LogP contribution in [0.3, 0.4) is 0 Å². The first-order chi connectivity index (χ1) is 21.8. The molecule has 0 saturated carbocycles. The number of ether oxygens (including phenoxy) is 1. The molecule has 10 nitrogen and oxygen atoms in total. The number of sulfone groups is 1. The van der Waals surface area contributed by atoms with Crippen molar-refractivity contribution in [2.45, 2.75) is 62.8 Å². The summed E-state index contributed by atoms with van der Waals surface area (Å²) in [5, 5.41) is 6.01. The zero-order chi connectivity index (χ0) is 33.3. The van der Waals surface area contributed by atoms with Crippen molar-refractivity contribution in [3.05, 3.63) is 88.9 Å². The van der Waals surface area contributed by atoms with Gasteiger partial charge in [0, 0.05) is 41.7 Å². The minimum absolute atomic E-state index is 0.0742. The number of carbonyl (C=O) groups excluding carboxylic acids is 2. The highest BCUT2D eigenvalue weighted by atomic mass is 32.2. The van der Waals surface area contributed by atoms with Gasteiger partial charge in [0.25, 0.3) is 0 Å². The number of rotatable bonds is 5. The smallest absolute Gasteiger partial charge is 0.411 e. The van der Waals surface area contributed by atoms with E-state index in [0.29, 0.717) is 34.3 Å². The predicted molar refractivity (Wildman–Crippen MR) is 177 cm³/mol. The van der Waals surface area contributed by atoms with E-state index < -0.39 is 33.0 Å². The summed E-state index contributed by atoms with van der Waals surface area (Å²) in [5.74, 6) is -0.868. The number of aromatic nitrogens is 1. The standard InChI is InChI=1S/C34H38FN5O5S/c1-6-21(4)46(43,44)30-12-9-24-14-23(30)17-40(5)33(41)31(38-25-8-11-27-28(15-25)29(35)16-37-32(27)36)22-7-10-26(19(2)13-22)20(3)18-45-34(42)39-24/h7-16,20-21,31,38H,6,17-18H2,1-5H3,(H2,36,37)(H,39,42)/t20-,21-,31+/m0/s1. The second-order valence-electron chi connectivity index (χ2n) is 11.9. The zero-order valence-corrected chi connectivity index (χ0v) is 27.2. The Kier molecular flexibility index (Phi) is 9.20. The molecule has 0 saturated heterocycles. The number of pyridine rings is 1. The number of nitrogens with two attached hydrogens (primary N) is 1. The number of likely N-dealkylation sites (N-methyl/N-ethyl adjacent to an activating group) is 1. The van der Waals surface area contributed by atoms with Crippen LogP contribution in [-0.4, -0.2) is 49.2 Å². The fourth-order valence-corrected chi connectivity index (χ4v) is 7.32. The van der Waals surface area contributed by atoms with Gasteiger partial charge in [-0.25, -0.2) is 22.6 Å². The van der Waals surface area contributed by atoms with E-state index in [1.807, 2.05) is 32.0 Å². The molecular formula is C34H38FN5O5S. The van der Waals surface area contributed by atoms with Crippen LogP contribution < -0.4 is 16.4 Å². The van der Waals surface area contributed by atoms with Crippen molar-refractivity contribution in [1.82, 2.24) is 9.88 Å². The predicted octanol–water partition coefficient (Wildman–Crippen LogP) is 6.31. The van der Waals surface area contributed by atoms with Gasteiger partial charge in [-0.1, -0.05) is 32.0 Å². The number of amides is 2. The van der Waals surface area contributed by atoms with Crippen LogP contribution in [-0.2, 0) is 25.9 Å². The Balaban J connectivity index is 1.62. The number of anilines is 3. The summed E-state index contributed by atoms with van der Waals surface area (Å²) >= 11 is 0. The number of hydrogen-bond acceptors (Lipinski definition) is 8. The largest absolute Gasteiger partial charge is 0.449 e. The highest BCUT2D eigenvalue weighted by Gasteiger charge is 2.30. The van der Waals surface area contributed by atoms with Gasteiger partial charge in [0.1, 0.15) is 17.7 Å². The molecule has 4 bridgehead atoms. The van der Waals surface area contributed by atoms with Crippen molar-refractivity contribution < 1.29 is 27.1 Å². The van der Waals surface area contributed by atoms with Crippen molar-refractivity contribution in [3.63, 3.8) is 0 Å². The van der Waals surface area contributed by atoms with Gasteiger partial charge < -0.3 is 20.7 Å². The molecule has 4 aromatic rings. The van der Waals surface area contributed by atoms with Crippen LogP contribution in [0.2, 0.25) is 0 Å². The molecule has 0 fully saturated rings. The number of benzene rings is 3. The molecule has 0 radical (unpaired) electrons. The molecule has 3 atom stereocenters. The first kappa shape index (κ1) is 32.7. The number of aryl methyl sites for hydroxylation is 1. The van der Waals surface area contributed by atoms with E-state index in [0.717, 1.165) is 17.3 Å². The topological polar surface area (TPSA) is 144 Å². The molecule has 3 heterocycles. The maximum Gasteiger partial charge on any atom is 0.411 e. The molecule has 2 amide bonds. The Morgan fingerprint density at radius 3 is 2.61 bits per heavy atom. The number of hydrogen-bond donors (Lipinski definition) is 3. The monoisotopic (exact) mass is 647 g/mol. The Bertz CT molecular complexity index is 1930. The van der Waals surface area contributed by atoms with Crippen LogP contribution in [0.4, 0.5) is 26.4 Å². The number of nitrogens with zero attached hydrogens (tertiary/aromatic N) is 2. The quantitative estimate of drug-likeness (QED) is 0.229. The number of nitrogen functional groups attached to an aromatic ring is 1. The van der Waals surface area contributed by atoms with Crippen LogP contribution in [0.5, 0.6) is 0 Å². The lowest BCUT2D eigenvalue weighted by Gasteiger charge is -2.28. The Labute approximate surface area is 268 Å². The van der Waals surface area contributed by atoms with E-state index in [2.05, 4.69) is 15.6 Å². The van der Waals surface area contributed by atoms with E-state index in [4.69, 9.17) is 10.5 Å². The molecule has 46 heavy (non-hydrogen) atoms. The lowest BCUT2D eigenvalue weighted by Crippen LogP contribution is -2.35. The minimum Gasteiger partial charge on any atom is -0.449 e. The summed E-state index contributed by atoms with van der Waals surface area (Å²) in [6, 6.07) is 14.2. The summed E-state index contributed by atoms with van der Waals surface area (Å²) < 4.78 is 47.3. The Morgan fingerprint density at radius 1 is 1.13 bits per heavy atom. The van der Waals surface area contributed by atoms with Gasteiger partial charge >= 0.3 is 6.09 Å². The summed E-state index contributed by atoms with van der Waals surface area (Å²) in [6.45, 7) is 7.31. The molecule has 1 aromatic heterocycles. The molecule has 0 unspecified atom stereocenters. The van der Waals surface area contributed by atoms with Gasteiger partial charge in [-0.05, 0) is 78.9 Å². The van der Waals surface area contributed by atoms with Gasteiger partial charge in [-0.3, -0.25) is 10.1 Å². The fourth-order valence-electron chi connectivity index (χ4n) is 5.70. The molecule has 3 aromatic carbocycles. The van der Waals surface area contributed by atoms with E-state index >= 15 is 0 Å². The number of fused-ring (bicyclic) bond motifs is 10. The van der Waals surface area contributed by atoms with E-state index in [1.165, 1.54) is 17.0 Å². The van der Waals surface area contributed by atoms with E-state index in [-0.39, 0.29) is 41.1 Å². The van der Waals surface area contributed by atoms with Gasteiger partial charge in [0.05, 0.1) is 22.9 Å². The number of nitrogens with one attached hydrogen (secondary N) is 2. The van der Waals surface area contributed by atoms with Crippen LogP contribution in [0.1, 0.15) is 61.4 Å². The van der Waals surface area contributed by atoms with Crippen LogP contribution in [0.15, 0.2) is 65.7 Å². The first-order valence-corrected chi connectivity index (χ1v) is 16.6. The molecule has 12 heteroatoms. The highest BCUT2D eigenvalue weighted by molar-refractivity contribution is 7.92. The first-order valence-electron chi connectivity index (χ1n) is 15.1. The van der Waals surface area contributed by atoms with Crippen LogP contribution in [0, 0.1) is 12.7 Å². The molecule has 2 aliphatic rings. The Morgan fingerprint density at radius 2 is 1.89 bits per heavy atom. The molecule has 0 spiro atoms. The van der Waals surface area contributed by atoms with Gasteiger partial charge in [-0.15, -0.1) is 0 Å². The highest BCUT2D eigenvalue weighted by Crippen LogP contribution is 2.32. The maximum atomic E-state index is 14.7. The third-order valence-corrected chi connectivity index (χ3v) is 11.0. The molecule has 0 aliphatic carbocycles. The SMILES string of the molecule is CC[C@H](C)S(=O)(=O)c1ccc2cc1CN(C)C(=O)[C@H](Nc1ccc3c(N)ncc(F)c3c1)c1ccc(c(C)c1)[C@@H](C)COC(=O)N2. The summed E-state index contributed by atoms with van der Waals surface area (Å²) in [6.07, 6.45) is 0.785. The third kappa shape index (κ3) is 6.48. The molecule has 4 N–H and O–H groups in total. The van der Waals surface area contributed by atoms with Crippen molar-refractivity contribution >= 4 is 49.8 Å². The van der Waals surface area contributed by atoms with Crippen molar-refractivity contribution in [1.29, 1.82) is 0 Å². The lowest BCUT2D eigenvalue weighted by atomic mass is 9.93. The van der Waals surface area contributed by atoms with Gasteiger partial charge in [-0.2, -0.15) is 0 Å². The van der Waals surface area contributed by atoms with E-state index in [9.17, 15) is 22.4 Å². The maximum absolute atomic E-state index is 14.7. The van der Waals surface area contributed by atoms with Crippen LogP contribution in [0.25, 0.3) is 10.8 Å². The second-order valence-corrected chi connectivity index (χ2v) is 14.2. The minimum atomic E-state index is -3.75. The van der Waals surface area contributed by atoms with Crippen LogP contribution >= 0.6 is 0 Å². The molecular weight excluding hydrogens is 609 g/mol. The van der Waals surface area contributed by atoms with Gasteiger partial charge in [0.2, 0.25) is 5.91 Å². The lowest BCUT2D eigenvalue weighted by molar-refractivity contribution is -0.131. The number of halogens is 1. The van der Waals surface area contributed by atoms with Gasteiger partial charge in [0.15, 0.2) is 9.84 Å². The number of carbonyl (C=O) groups is 2. The van der Waals surface area contributed by atoms with E-state index in [1.54, 1.807) is 45.2 Å². The average Bonchev–Trinajstić information content (AvgIpc) is 3.03. The molecule has 242 valence electrons. The zero-order valence-electron chi connectivity index (χ0n) is 26.4. The molecule has 6 rings (SSSR count). The average molecular weight is 648 g/mol. The normalized spacial score (nSPS) is 18.3. The summed E-state index contributed by atoms with van der Waals surface area (Å²) in [7, 11) is -2.16. The Hall–Kier alpha value is -4.71. The van der Waals surface area contributed by atoms with Crippen molar-refractivity contribution in [2.24, 2.45) is 0 Å². The second kappa shape index (κ2) is 13.0. The summed E-state index contributed by atoms with van der Waals surface area (Å²) in [4.78, 5) is 32.4. The fraction of sp³-hybridized carbons (Fsp3) is 0.324. The third-order valence-electron chi connectivity index (χ3n) is 8.55. The molecule has 2 aliphatic heterocycles. The van der Waals surface area contributed by atoms with Crippen molar-refractivity contribution in [3.8, 4) is 0 Å². The van der Waals surface area contributed by atoms with Crippen molar-refractivity contribution in [2.75, 3.05) is 30.0 Å².